The van der Waals surface area contributed by atoms with Crippen LogP contribution in [0.3, 0.4) is 0 Å². The van der Waals surface area contributed by atoms with Crippen molar-refractivity contribution in [2.24, 2.45) is 5.92 Å². The molecule has 0 amide bonds. The molecule has 106 valence electrons. The van der Waals surface area contributed by atoms with Gasteiger partial charge < -0.3 is 5.32 Å². The van der Waals surface area contributed by atoms with Gasteiger partial charge in [-0.05, 0) is 56.6 Å². The monoisotopic (exact) mass is 270 g/mol. The van der Waals surface area contributed by atoms with Crippen LogP contribution in [0.1, 0.15) is 46.5 Å². The minimum absolute atomic E-state index is 0.391. The molecule has 1 heterocycles. The average molecular weight is 270 g/mol. The minimum atomic E-state index is 0.391. The lowest BCUT2D eigenvalue weighted by molar-refractivity contribution is 0.0445. The third-order valence-corrected chi connectivity index (χ3v) is 5.78. The Labute approximate surface area is 117 Å². The maximum absolute atomic E-state index is 3.81. The minimum Gasteiger partial charge on any atom is -0.311 e. The van der Waals surface area contributed by atoms with Gasteiger partial charge in [0.25, 0.3) is 0 Å². The summed E-state index contributed by atoms with van der Waals surface area (Å²) in [5.41, 5.74) is 0.391. The van der Waals surface area contributed by atoms with Crippen molar-refractivity contribution in [3.63, 3.8) is 0 Å². The standard InChI is InChI=1S/C15H30N2S/c1-4-15(3)12-16-14(13-7-8-13)11-17(15)9-6-10-18-5-2/h13-14,16H,4-12H2,1-3H3. The summed E-state index contributed by atoms with van der Waals surface area (Å²) in [6.45, 7) is 10.8. The van der Waals surface area contributed by atoms with Crippen molar-refractivity contribution in [1.29, 1.82) is 0 Å². The van der Waals surface area contributed by atoms with E-state index in [1.165, 1.54) is 56.8 Å². The molecule has 2 fully saturated rings. The smallest absolute Gasteiger partial charge is 0.0303 e. The van der Waals surface area contributed by atoms with E-state index in [0.717, 1.165) is 12.0 Å². The van der Waals surface area contributed by atoms with Crippen molar-refractivity contribution in [3.05, 3.63) is 0 Å². The zero-order valence-electron chi connectivity index (χ0n) is 12.4. The first-order valence-electron chi connectivity index (χ1n) is 7.76. The van der Waals surface area contributed by atoms with Gasteiger partial charge in [-0.1, -0.05) is 13.8 Å². The molecular formula is C15H30N2S. The molecule has 1 aliphatic carbocycles. The number of hydrogen-bond donors (Lipinski definition) is 1. The molecular weight excluding hydrogens is 240 g/mol. The van der Waals surface area contributed by atoms with Gasteiger partial charge in [0.2, 0.25) is 0 Å². The summed E-state index contributed by atoms with van der Waals surface area (Å²) in [7, 11) is 0. The molecule has 1 aliphatic heterocycles. The Morgan fingerprint density at radius 1 is 1.33 bits per heavy atom. The van der Waals surface area contributed by atoms with Crippen molar-refractivity contribution in [2.75, 3.05) is 31.1 Å². The van der Waals surface area contributed by atoms with Crippen molar-refractivity contribution in [3.8, 4) is 0 Å². The van der Waals surface area contributed by atoms with Crippen LogP contribution in [0.25, 0.3) is 0 Å². The van der Waals surface area contributed by atoms with E-state index in [4.69, 9.17) is 0 Å². The zero-order chi connectivity index (χ0) is 13.0. The normalized spacial score (nSPS) is 33.8. The van der Waals surface area contributed by atoms with Crippen LogP contribution in [-0.2, 0) is 0 Å². The number of rotatable bonds is 7. The van der Waals surface area contributed by atoms with E-state index >= 15 is 0 Å². The van der Waals surface area contributed by atoms with Crippen molar-refractivity contribution in [1.82, 2.24) is 10.2 Å². The Balaban J connectivity index is 1.83. The summed E-state index contributed by atoms with van der Waals surface area (Å²) in [6, 6.07) is 0.781. The average Bonchev–Trinajstić information content (AvgIpc) is 3.21. The van der Waals surface area contributed by atoms with Crippen LogP contribution in [-0.4, -0.2) is 47.6 Å². The molecule has 2 aliphatic rings. The van der Waals surface area contributed by atoms with Gasteiger partial charge >= 0.3 is 0 Å². The van der Waals surface area contributed by atoms with Crippen LogP contribution in [0.2, 0.25) is 0 Å². The Hall–Kier alpha value is 0.270. The Morgan fingerprint density at radius 2 is 2.11 bits per heavy atom. The Kier molecular flexibility index (Phi) is 5.40. The molecule has 1 saturated carbocycles. The topological polar surface area (TPSA) is 15.3 Å². The summed E-state index contributed by atoms with van der Waals surface area (Å²) in [6.07, 6.45) is 5.53. The first-order chi connectivity index (χ1) is 8.69. The predicted molar refractivity (Wildman–Crippen MR) is 82.4 cm³/mol. The van der Waals surface area contributed by atoms with E-state index in [1.807, 2.05) is 0 Å². The number of piperazine rings is 1. The van der Waals surface area contributed by atoms with Crippen LogP contribution >= 0.6 is 11.8 Å². The molecule has 1 saturated heterocycles. The molecule has 0 bridgehead atoms. The van der Waals surface area contributed by atoms with Gasteiger partial charge in [-0.25, -0.2) is 0 Å². The highest BCUT2D eigenvalue weighted by Gasteiger charge is 2.41. The van der Waals surface area contributed by atoms with Gasteiger partial charge in [-0.2, -0.15) is 11.8 Å². The number of nitrogens with one attached hydrogen (secondary N) is 1. The fraction of sp³-hybridized carbons (Fsp3) is 1.00. The van der Waals surface area contributed by atoms with Gasteiger partial charge in [0, 0.05) is 24.7 Å². The lowest BCUT2D eigenvalue weighted by Gasteiger charge is -2.48. The third-order valence-electron chi connectivity index (χ3n) is 4.80. The predicted octanol–water partition coefficient (Wildman–Crippen LogP) is 2.98. The highest BCUT2D eigenvalue weighted by Crippen LogP contribution is 2.36. The SMILES string of the molecule is CCSCCCN1CC(C2CC2)NCC1(C)CC. The van der Waals surface area contributed by atoms with Crippen LogP contribution in [0.5, 0.6) is 0 Å². The van der Waals surface area contributed by atoms with Crippen LogP contribution in [0.4, 0.5) is 0 Å². The number of thioether (sulfide) groups is 1. The first kappa shape index (κ1) is 14.7. The molecule has 2 atom stereocenters. The summed E-state index contributed by atoms with van der Waals surface area (Å²) in [5, 5.41) is 3.81. The van der Waals surface area contributed by atoms with E-state index in [1.54, 1.807) is 0 Å². The second-order valence-corrected chi connectivity index (χ2v) is 7.57. The quantitative estimate of drug-likeness (QED) is 0.716. The molecule has 0 radical (unpaired) electrons. The summed E-state index contributed by atoms with van der Waals surface area (Å²) in [5.74, 6) is 3.57. The summed E-state index contributed by atoms with van der Waals surface area (Å²) < 4.78 is 0. The van der Waals surface area contributed by atoms with E-state index in [0.29, 0.717) is 5.54 Å². The molecule has 18 heavy (non-hydrogen) atoms. The van der Waals surface area contributed by atoms with Gasteiger partial charge in [0.15, 0.2) is 0 Å². The molecule has 2 unspecified atom stereocenters. The molecule has 0 spiro atoms. The maximum Gasteiger partial charge on any atom is 0.0303 e. The summed E-state index contributed by atoms with van der Waals surface area (Å²) >= 11 is 2.08. The molecule has 2 rings (SSSR count). The van der Waals surface area contributed by atoms with E-state index < -0.39 is 0 Å². The second kappa shape index (κ2) is 6.62. The van der Waals surface area contributed by atoms with Gasteiger partial charge in [-0.3, -0.25) is 4.90 Å². The van der Waals surface area contributed by atoms with Crippen molar-refractivity contribution >= 4 is 11.8 Å². The lowest BCUT2D eigenvalue weighted by Crippen LogP contribution is -2.63. The number of nitrogens with zero attached hydrogens (tertiary/aromatic N) is 1. The third kappa shape index (κ3) is 3.64. The largest absolute Gasteiger partial charge is 0.311 e. The molecule has 2 nitrogen and oxygen atoms in total. The van der Waals surface area contributed by atoms with Gasteiger partial charge in [0.1, 0.15) is 0 Å². The van der Waals surface area contributed by atoms with Crippen molar-refractivity contribution < 1.29 is 0 Å². The maximum atomic E-state index is 3.81. The van der Waals surface area contributed by atoms with E-state index in [-0.39, 0.29) is 0 Å². The van der Waals surface area contributed by atoms with Crippen LogP contribution < -0.4 is 5.32 Å². The Bertz CT molecular complexity index is 255. The van der Waals surface area contributed by atoms with Crippen molar-refractivity contribution in [2.45, 2.75) is 58.0 Å². The molecule has 0 aromatic rings. The fourth-order valence-electron chi connectivity index (χ4n) is 3.01. The summed E-state index contributed by atoms with van der Waals surface area (Å²) in [4.78, 5) is 2.78. The highest BCUT2D eigenvalue weighted by molar-refractivity contribution is 7.99. The molecule has 3 heteroatoms. The highest BCUT2D eigenvalue weighted by atomic mass is 32.2. The zero-order valence-corrected chi connectivity index (χ0v) is 13.2. The van der Waals surface area contributed by atoms with Crippen LogP contribution in [0, 0.1) is 5.92 Å². The Morgan fingerprint density at radius 3 is 2.72 bits per heavy atom. The van der Waals surface area contributed by atoms with E-state index in [9.17, 15) is 0 Å². The lowest BCUT2D eigenvalue weighted by atomic mass is 9.91. The van der Waals surface area contributed by atoms with Gasteiger partial charge in [-0.15, -0.1) is 0 Å². The molecule has 0 aromatic carbocycles. The molecule has 1 N–H and O–H groups in total. The first-order valence-corrected chi connectivity index (χ1v) is 8.91. The number of hydrogen-bond acceptors (Lipinski definition) is 3. The van der Waals surface area contributed by atoms with Crippen LogP contribution in [0.15, 0.2) is 0 Å². The van der Waals surface area contributed by atoms with Gasteiger partial charge in [0.05, 0.1) is 0 Å². The molecule has 0 aromatic heterocycles. The second-order valence-electron chi connectivity index (χ2n) is 6.17. The fourth-order valence-corrected chi connectivity index (χ4v) is 3.63. The van der Waals surface area contributed by atoms with E-state index in [2.05, 4.69) is 42.7 Å².